The normalized spacial score (nSPS) is 18.4. The van der Waals surface area contributed by atoms with Gasteiger partial charge in [-0.25, -0.2) is 0 Å². The highest BCUT2D eigenvalue weighted by Gasteiger charge is 2.45. The molecule has 0 saturated carbocycles. The molecule has 4 rings (SSSR count). The van der Waals surface area contributed by atoms with Crippen molar-refractivity contribution in [1.82, 2.24) is 0 Å². The molecular formula is C33H40O10. The zero-order chi connectivity index (χ0) is 30.9. The standard InChI is InChI=1S/C33H40O10/c1-20(34)43-31(23-15-28(37-4)33(40-7)29(16-23)38-5)25-19-42-30(24(25)18-41-17-21-11-9-8-10-12-21)22-13-26(35-2)32(39-6)27(14-22)36-3/h8-16,24-25,30-31H,17-19H2,1-7H3/t24-,25+,30-,31?/m1/s1. The average molecular weight is 597 g/mol. The van der Waals surface area contributed by atoms with Crippen molar-refractivity contribution in [2.75, 3.05) is 55.9 Å². The first kappa shape index (κ1) is 31.8. The number of ether oxygens (including phenoxy) is 9. The van der Waals surface area contributed by atoms with Crippen molar-refractivity contribution in [2.24, 2.45) is 11.8 Å². The summed E-state index contributed by atoms with van der Waals surface area (Å²) in [5.41, 5.74) is 2.54. The number of carbonyl (C=O) groups excluding carboxylic acids is 1. The summed E-state index contributed by atoms with van der Waals surface area (Å²) in [5, 5.41) is 0. The molecular weight excluding hydrogens is 556 g/mol. The third kappa shape index (κ3) is 7.09. The molecule has 0 amide bonds. The van der Waals surface area contributed by atoms with E-state index in [1.54, 1.807) is 47.7 Å². The van der Waals surface area contributed by atoms with Crippen molar-refractivity contribution >= 4 is 5.97 Å². The fraction of sp³-hybridized carbons (Fsp3) is 0.424. The van der Waals surface area contributed by atoms with Crippen molar-refractivity contribution in [3.63, 3.8) is 0 Å². The Morgan fingerprint density at radius 2 is 1.33 bits per heavy atom. The highest BCUT2D eigenvalue weighted by molar-refractivity contribution is 5.66. The molecule has 1 unspecified atom stereocenters. The van der Waals surface area contributed by atoms with Crippen LogP contribution < -0.4 is 28.4 Å². The number of hydrogen-bond acceptors (Lipinski definition) is 10. The molecule has 1 aliphatic rings. The first-order chi connectivity index (χ1) is 20.9. The number of methoxy groups -OCH3 is 6. The van der Waals surface area contributed by atoms with E-state index in [0.717, 1.165) is 11.1 Å². The van der Waals surface area contributed by atoms with Gasteiger partial charge < -0.3 is 42.6 Å². The van der Waals surface area contributed by atoms with E-state index < -0.39 is 18.2 Å². The van der Waals surface area contributed by atoms with Gasteiger partial charge in [0.15, 0.2) is 23.0 Å². The van der Waals surface area contributed by atoms with Crippen molar-refractivity contribution in [1.29, 1.82) is 0 Å². The van der Waals surface area contributed by atoms with E-state index in [1.165, 1.54) is 14.0 Å². The molecule has 10 heteroatoms. The molecule has 43 heavy (non-hydrogen) atoms. The van der Waals surface area contributed by atoms with Gasteiger partial charge >= 0.3 is 5.97 Å². The monoisotopic (exact) mass is 596 g/mol. The van der Waals surface area contributed by atoms with Gasteiger partial charge in [0.2, 0.25) is 11.5 Å². The zero-order valence-corrected chi connectivity index (χ0v) is 25.7. The van der Waals surface area contributed by atoms with Gasteiger partial charge in [-0.05, 0) is 35.4 Å². The van der Waals surface area contributed by atoms with Gasteiger partial charge in [0, 0.05) is 24.3 Å². The number of esters is 1. The lowest BCUT2D eigenvalue weighted by atomic mass is 9.82. The molecule has 232 valence electrons. The van der Waals surface area contributed by atoms with Crippen LogP contribution in [0.2, 0.25) is 0 Å². The lowest BCUT2D eigenvalue weighted by molar-refractivity contribution is -0.151. The topological polar surface area (TPSA) is 100 Å². The maximum absolute atomic E-state index is 12.5. The second kappa shape index (κ2) is 14.8. The average Bonchev–Trinajstić information content (AvgIpc) is 3.45. The van der Waals surface area contributed by atoms with E-state index >= 15 is 0 Å². The second-order valence-corrected chi connectivity index (χ2v) is 10.0. The van der Waals surface area contributed by atoms with Crippen LogP contribution in [-0.2, 0) is 25.6 Å². The molecule has 3 aromatic rings. The highest BCUT2D eigenvalue weighted by Crippen LogP contribution is 2.50. The van der Waals surface area contributed by atoms with Crippen LogP contribution in [0, 0.1) is 11.8 Å². The fourth-order valence-electron chi connectivity index (χ4n) is 5.55. The Labute approximate surface area is 252 Å². The molecule has 0 N–H and O–H groups in total. The molecule has 0 bridgehead atoms. The first-order valence-electron chi connectivity index (χ1n) is 13.9. The summed E-state index contributed by atoms with van der Waals surface area (Å²) >= 11 is 0. The maximum atomic E-state index is 12.5. The molecule has 1 heterocycles. The predicted molar refractivity (Wildman–Crippen MR) is 158 cm³/mol. The minimum Gasteiger partial charge on any atom is -0.493 e. The highest BCUT2D eigenvalue weighted by atomic mass is 16.6. The van der Waals surface area contributed by atoms with Gasteiger partial charge in [-0.3, -0.25) is 4.79 Å². The summed E-state index contributed by atoms with van der Waals surface area (Å²) in [6.45, 7) is 2.41. The van der Waals surface area contributed by atoms with Gasteiger partial charge in [-0.1, -0.05) is 30.3 Å². The second-order valence-electron chi connectivity index (χ2n) is 10.0. The van der Waals surface area contributed by atoms with Crippen LogP contribution in [0.1, 0.15) is 35.8 Å². The summed E-state index contributed by atoms with van der Waals surface area (Å²) in [6, 6.07) is 17.3. The van der Waals surface area contributed by atoms with Crippen LogP contribution in [0.25, 0.3) is 0 Å². The van der Waals surface area contributed by atoms with E-state index in [2.05, 4.69) is 0 Å². The van der Waals surface area contributed by atoms with Crippen LogP contribution in [0.15, 0.2) is 54.6 Å². The zero-order valence-electron chi connectivity index (χ0n) is 25.7. The summed E-state index contributed by atoms with van der Waals surface area (Å²) < 4.78 is 52.3. The van der Waals surface area contributed by atoms with Crippen LogP contribution >= 0.6 is 0 Å². The summed E-state index contributed by atoms with van der Waals surface area (Å²) in [4.78, 5) is 12.5. The molecule has 1 saturated heterocycles. The lowest BCUT2D eigenvalue weighted by Crippen LogP contribution is -2.29. The Kier molecular flexibility index (Phi) is 11.0. The van der Waals surface area contributed by atoms with Gasteiger partial charge in [-0.15, -0.1) is 0 Å². The Hall–Kier alpha value is -4.15. The minimum atomic E-state index is -0.705. The van der Waals surface area contributed by atoms with Gasteiger partial charge in [0.25, 0.3) is 0 Å². The maximum Gasteiger partial charge on any atom is 0.303 e. The van der Waals surface area contributed by atoms with Crippen LogP contribution in [-0.4, -0.2) is 61.8 Å². The molecule has 0 radical (unpaired) electrons. The molecule has 3 aromatic carbocycles. The van der Waals surface area contributed by atoms with Gasteiger partial charge in [0.1, 0.15) is 6.10 Å². The third-order valence-corrected chi connectivity index (χ3v) is 7.54. The summed E-state index contributed by atoms with van der Waals surface area (Å²) in [5.74, 6) is 1.87. The summed E-state index contributed by atoms with van der Waals surface area (Å²) in [6.07, 6.45) is -1.14. The SMILES string of the molecule is COc1cc(C(OC(C)=O)[C@H]2CO[C@H](c3cc(OC)c(OC)c(OC)c3)[C@@H]2COCc2ccccc2)cc(OC)c1OC. The first-order valence-corrected chi connectivity index (χ1v) is 13.9. The molecule has 10 nitrogen and oxygen atoms in total. The molecule has 0 aliphatic carbocycles. The Morgan fingerprint density at radius 1 is 0.791 bits per heavy atom. The number of hydrogen-bond donors (Lipinski definition) is 0. The van der Waals surface area contributed by atoms with E-state index in [0.29, 0.717) is 53.3 Å². The Bertz CT molecular complexity index is 1310. The van der Waals surface area contributed by atoms with Crippen LogP contribution in [0.3, 0.4) is 0 Å². The summed E-state index contributed by atoms with van der Waals surface area (Å²) in [7, 11) is 9.32. The van der Waals surface area contributed by atoms with Crippen molar-refractivity contribution in [3.05, 3.63) is 71.3 Å². The molecule has 0 aromatic heterocycles. The smallest absolute Gasteiger partial charge is 0.303 e. The predicted octanol–water partition coefficient (Wildman–Crippen LogP) is 5.56. The van der Waals surface area contributed by atoms with E-state index in [1.807, 2.05) is 42.5 Å². The Balaban J connectivity index is 1.77. The Morgan fingerprint density at radius 3 is 1.81 bits per heavy atom. The van der Waals surface area contributed by atoms with Crippen molar-refractivity contribution < 1.29 is 47.4 Å². The molecule has 0 spiro atoms. The fourth-order valence-corrected chi connectivity index (χ4v) is 5.55. The molecule has 4 atom stereocenters. The van der Waals surface area contributed by atoms with E-state index in [-0.39, 0.29) is 18.4 Å². The number of carbonyl (C=O) groups is 1. The van der Waals surface area contributed by atoms with Crippen molar-refractivity contribution in [2.45, 2.75) is 25.7 Å². The number of benzene rings is 3. The van der Waals surface area contributed by atoms with Crippen LogP contribution in [0.4, 0.5) is 0 Å². The van der Waals surface area contributed by atoms with Crippen molar-refractivity contribution in [3.8, 4) is 34.5 Å². The van der Waals surface area contributed by atoms with E-state index in [9.17, 15) is 4.79 Å². The van der Waals surface area contributed by atoms with Gasteiger partial charge in [0.05, 0.1) is 68.6 Å². The molecule has 1 fully saturated rings. The van der Waals surface area contributed by atoms with Gasteiger partial charge in [-0.2, -0.15) is 0 Å². The van der Waals surface area contributed by atoms with E-state index in [4.69, 9.17) is 42.6 Å². The molecule has 1 aliphatic heterocycles. The lowest BCUT2D eigenvalue weighted by Gasteiger charge is -2.30. The van der Waals surface area contributed by atoms with Crippen LogP contribution in [0.5, 0.6) is 34.5 Å². The number of rotatable bonds is 14. The quantitative estimate of drug-likeness (QED) is 0.220. The third-order valence-electron chi connectivity index (χ3n) is 7.54. The minimum absolute atomic E-state index is 0.241. The largest absolute Gasteiger partial charge is 0.493 e.